The zero-order chi connectivity index (χ0) is 19.8. The molecule has 0 N–H and O–H groups in total. The summed E-state index contributed by atoms with van der Waals surface area (Å²) in [6.45, 7) is -0.380. The molecule has 7 heteroatoms. The van der Waals surface area contributed by atoms with Crippen LogP contribution in [-0.4, -0.2) is 46.8 Å². The molecule has 0 heterocycles. The van der Waals surface area contributed by atoms with Gasteiger partial charge in [0.1, 0.15) is 11.5 Å². The molecule has 0 fully saturated rings. The molecule has 0 aromatic heterocycles. The number of rotatable bonds is 9. The molecule has 27 heavy (non-hydrogen) atoms. The molecule has 2 rings (SSSR count). The number of methoxy groups -OCH3 is 4. The van der Waals surface area contributed by atoms with Crippen molar-refractivity contribution >= 4 is 11.8 Å². The maximum Gasteiger partial charge on any atom is 0.310 e. The molecule has 144 valence electrons. The molecule has 0 saturated carbocycles. The Hall–Kier alpha value is -3.22. The van der Waals surface area contributed by atoms with Crippen LogP contribution in [0.15, 0.2) is 36.4 Å². The number of carbonyl (C=O) groups excluding carboxylic acids is 2. The van der Waals surface area contributed by atoms with E-state index >= 15 is 0 Å². The molecule has 2 aromatic carbocycles. The summed E-state index contributed by atoms with van der Waals surface area (Å²) < 4.78 is 25.7. The smallest absolute Gasteiger partial charge is 0.310 e. The van der Waals surface area contributed by atoms with Crippen LogP contribution in [0.25, 0.3) is 0 Å². The quantitative estimate of drug-likeness (QED) is 0.493. The van der Waals surface area contributed by atoms with Crippen molar-refractivity contribution in [2.75, 3.05) is 35.0 Å². The first-order valence-electron chi connectivity index (χ1n) is 8.14. The van der Waals surface area contributed by atoms with E-state index in [1.165, 1.54) is 28.4 Å². The van der Waals surface area contributed by atoms with Crippen LogP contribution in [0.1, 0.15) is 15.9 Å². The second kappa shape index (κ2) is 9.47. The molecule has 2 aromatic rings. The second-order valence-electron chi connectivity index (χ2n) is 5.52. The van der Waals surface area contributed by atoms with E-state index in [0.29, 0.717) is 34.1 Å². The number of benzene rings is 2. The standard InChI is InChI=1S/C20H22O7/c1-23-14-6-7-15(18(11-14)25-3)16(21)12-27-20(22)10-13-5-8-17(24-2)19(9-13)26-4/h5-9,11H,10,12H2,1-4H3. The topological polar surface area (TPSA) is 80.3 Å². The van der Waals surface area contributed by atoms with Crippen LogP contribution in [0.4, 0.5) is 0 Å². The molecule has 0 radical (unpaired) electrons. The van der Waals surface area contributed by atoms with E-state index in [2.05, 4.69) is 0 Å². The maximum atomic E-state index is 12.3. The van der Waals surface area contributed by atoms with Crippen LogP contribution in [0.2, 0.25) is 0 Å². The predicted molar refractivity (Wildman–Crippen MR) is 98.1 cm³/mol. The summed E-state index contributed by atoms with van der Waals surface area (Å²) >= 11 is 0. The molecule has 0 bridgehead atoms. The number of Topliss-reactive ketones (excluding diaryl/α,β-unsaturated/α-hetero) is 1. The number of ketones is 1. The van der Waals surface area contributed by atoms with Gasteiger partial charge >= 0.3 is 5.97 Å². The molecule has 0 amide bonds. The molecule has 7 nitrogen and oxygen atoms in total. The summed E-state index contributed by atoms with van der Waals surface area (Å²) in [6.07, 6.45) is 0.00732. The van der Waals surface area contributed by atoms with Crippen LogP contribution in [0.5, 0.6) is 23.0 Å². The average Bonchev–Trinajstić information content (AvgIpc) is 2.71. The Morgan fingerprint density at radius 3 is 2.11 bits per heavy atom. The highest BCUT2D eigenvalue weighted by molar-refractivity contribution is 6.00. The Labute approximate surface area is 157 Å². The summed E-state index contributed by atoms with van der Waals surface area (Å²) in [5, 5.41) is 0. The van der Waals surface area contributed by atoms with Gasteiger partial charge in [0, 0.05) is 6.07 Å². The summed E-state index contributed by atoms with van der Waals surface area (Å²) in [7, 11) is 6.02. The van der Waals surface area contributed by atoms with Crippen LogP contribution in [0, 0.1) is 0 Å². The summed E-state index contributed by atoms with van der Waals surface area (Å²) in [6, 6.07) is 9.93. The summed E-state index contributed by atoms with van der Waals surface area (Å²) in [5.74, 6) is 1.11. The highest BCUT2D eigenvalue weighted by Gasteiger charge is 2.16. The average molecular weight is 374 g/mol. The van der Waals surface area contributed by atoms with Crippen molar-refractivity contribution in [3.05, 3.63) is 47.5 Å². The lowest BCUT2D eigenvalue weighted by molar-refractivity contribution is -0.141. The second-order valence-corrected chi connectivity index (χ2v) is 5.52. The molecule has 0 unspecified atom stereocenters. The fourth-order valence-electron chi connectivity index (χ4n) is 2.46. The number of hydrogen-bond acceptors (Lipinski definition) is 7. The molecule has 0 spiro atoms. The van der Waals surface area contributed by atoms with Crippen molar-refractivity contribution in [1.82, 2.24) is 0 Å². The Morgan fingerprint density at radius 2 is 1.48 bits per heavy atom. The Kier molecular flexibility index (Phi) is 7.05. The van der Waals surface area contributed by atoms with E-state index in [9.17, 15) is 9.59 Å². The lowest BCUT2D eigenvalue weighted by Crippen LogP contribution is -2.16. The fraction of sp³-hybridized carbons (Fsp3) is 0.300. The van der Waals surface area contributed by atoms with Gasteiger partial charge in [0.2, 0.25) is 5.78 Å². The van der Waals surface area contributed by atoms with Gasteiger partial charge in [0.15, 0.2) is 18.1 Å². The van der Waals surface area contributed by atoms with Crippen molar-refractivity contribution in [2.45, 2.75) is 6.42 Å². The minimum absolute atomic E-state index is 0.00732. The van der Waals surface area contributed by atoms with E-state index in [1.807, 2.05) is 0 Å². The zero-order valence-electron chi connectivity index (χ0n) is 15.7. The van der Waals surface area contributed by atoms with Gasteiger partial charge in [-0.3, -0.25) is 9.59 Å². The van der Waals surface area contributed by atoms with Gasteiger partial charge in [-0.15, -0.1) is 0 Å². The highest BCUT2D eigenvalue weighted by Crippen LogP contribution is 2.28. The van der Waals surface area contributed by atoms with Gasteiger partial charge in [-0.1, -0.05) is 6.07 Å². The third kappa shape index (κ3) is 5.13. The number of hydrogen-bond donors (Lipinski definition) is 0. The van der Waals surface area contributed by atoms with Gasteiger partial charge in [0.25, 0.3) is 0 Å². The van der Waals surface area contributed by atoms with E-state index in [1.54, 1.807) is 36.4 Å². The molecular formula is C20H22O7. The largest absolute Gasteiger partial charge is 0.497 e. The Morgan fingerprint density at radius 1 is 0.778 bits per heavy atom. The van der Waals surface area contributed by atoms with Crippen LogP contribution < -0.4 is 18.9 Å². The third-order valence-corrected chi connectivity index (χ3v) is 3.87. The van der Waals surface area contributed by atoms with E-state index in [-0.39, 0.29) is 18.8 Å². The summed E-state index contributed by atoms with van der Waals surface area (Å²) in [5.41, 5.74) is 1.00. The lowest BCUT2D eigenvalue weighted by atomic mass is 10.1. The zero-order valence-corrected chi connectivity index (χ0v) is 15.7. The van der Waals surface area contributed by atoms with Gasteiger partial charge in [-0.05, 0) is 29.8 Å². The van der Waals surface area contributed by atoms with E-state index < -0.39 is 5.97 Å². The van der Waals surface area contributed by atoms with Crippen LogP contribution in [-0.2, 0) is 16.0 Å². The van der Waals surface area contributed by atoms with E-state index in [4.69, 9.17) is 23.7 Å². The third-order valence-electron chi connectivity index (χ3n) is 3.87. The molecule has 0 aliphatic heterocycles. The van der Waals surface area contributed by atoms with Gasteiger partial charge in [-0.25, -0.2) is 0 Å². The Balaban J connectivity index is 1.98. The van der Waals surface area contributed by atoms with E-state index in [0.717, 1.165) is 0 Å². The van der Waals surface area contributed by atoms with Crippen molar-refractivity contribution in [3.8, 4) is 23.0 Å². The lowest BCUT2D eigenvalue weighted by Gasteiger charge is -2.11. The minimum atomic E-state index is -0.525. The van der Waals surface area contributed by atoms with Gasteiger partial charge in [-0.2, -0.15) is 0 Å². The number of ether oxygens (including phenoxy) is 5. The minimum Gasteiger partial charge on any atom is -0.497 e. The Bertz CT molecular complexity index is 814. The van der Waals surface area contributed by atoms with Gasteiger partial charge < -0.3 is 23.7 Å². The van der Waals surface area contributed by atoms with Crippen molar-refractivity contribution < 1.29 is 33.3 Å². The first-order valence-corrected chi connectivity index (χ1v) is 8.14. The monoisotopic (exact) mass is 374 g/mol. The number of carbonyl (C=O) groups is 2. The van der Waals surface area contributed by atoms with Crippen LogP contribution >= 0.6 is 0 Å². The van der Waals surface area contributed by atoms with Crippen molar-refractivity contribution in [2.24, 2.45) is 0 Å². The summed E-state index contributed by atoms with van der Waals surface area (Å²) in [4.78, 5) is 24.4. The molecule has 0 aliphatic rings. The number of esters is 1. The van der Waals surface area contributed by atoms with Crippen molar-refractivity contribution in [3.63, 3.8) is 0 Å². The van der Waals surface area contributed by atoms with Crippen LogP contribution in [0.3, 0.4) is 0 Å². The van der Waals surface area contributed by atoms with Gasteiger partial charge in [0.05, 0.1) is 40.4 Å². The first kappa shape index (κ1) is 20.1. The van der Waals surface area contributed by atoms with Crippen molar-refractivity contribution in [1.29, 1.82) is 0 Å². The molecular weight excluding hydrogens is 352 g/mol. The SMILES string of the molecule is COc1ccc(C(=O)COC(=O)Cc2ccc(OC)c(OC)c2)c(OC)c1. The fourth-order valence-corrected chi connectivity index (χ4v) is 2.46. The molecule has 0 atom stereocenters. The predicted octanol–water partition coefficient (Wildman–Crippen LogP) is 2.69. The normalized spacial score (nSPS) is 10.1. The molecule has 0 saturated heterocycles. The molecule has 0 aliphatic carbocycles. The maximum absolute atomic E-state index is 12.3. The first-order chi connectivity index (χ1) is 13.0. The highest BCUT2D eigenvalue weighted by atomic mass is 16.5.